The number of anilines is 1. The number of benzene rings is 1. The second kappa shape index (κ2) is 3.33. The van der Waals surface area contributed by atoms with Gasteiger partial charge in [-0.2, -0.15) is 0 Å². The molecule has 0 saturated carbocycles. The summed E-state index contributed by atoms with van der Waals surface area (Å²) in [6.45, 7) is 2.88. The van der Waals surface area contributed by atoms with E-state index in [1.165, 1.54) is 12.7 Å². The maximum absolute atomic E-state index is 11.4. The number of nitrogens with one attached hydrogen (secondary N) is 1. The minimum absolute atomic E-state index is 0.253. The van der Waals surface area contributed by atoms with Crippen LogP contribution in [-0.2, 0) is 11.2 Å². The Kier molecular flexibility index (Phi) is 2.15. The molecule has 3 heteroatoms. The molecule has 2 rings (SSSR count). The fourth-order valence-corrected chi connectivity index (χ4v) is 1.79. The van der Waals surface area contributed by atoms with Crippen LogP contribution in [0.25, 0.3) is 0 Å². The normalized spacial score (nSPS) is 13.3. The molecule has 0 bridgehead atoms. The van der Waals surface area contributed by atoms with Crippen LogP contribution in [0.3, 0.4) is 0 Å². The largest absolute Gasteiger partial charge is 0.465 e. The Morgan fingerprint density at radius 1 is 1.50 bits per heavy atom. The number of rotatable bonds is 1. The standard InChI is InChI=1S/C11H13NO2/c1-7-5-10-8(3-4-12-10)6-9(7)11(13)14-2/h5-6,12H,3-4H2,1-2H3. The summed E-state index contributed by atoms with van der Waals surface area (Å²) < 4.78 is 4.72. The molecule has 0 aromatic heterocycles. The van der Waals surface area contributed by atoms with Crippen molar-refractivity contribution in [2.75, 3.05) is 19.0 Å². The van der Waals surface area contributed by atoms with E-state index < -0.39 is 0 Å². The molecule has 14 heavy (non-hydrogen) atoms. The van der Waals surface area contributed by atoms with Crippen LogP contribution in [0.5, 0.6) is 0 Å². The molecular weight excluding hydrogens is 178 g/mol. The van der Waals surface area contributed by atoms with Gasteiger partial charge < -0.3 is 10.1 Å². The summed E-state index contributed by atoms with van der Waals surface area (Å²) in [6.07, 6.45) is 0.986. The minimum Gasteiger partial charge on any atom is -0.465 e. The number of hydrogen-bond acceptors (Lipinski definition) is 3. The second-order valence-electron chi connectivity index (χ2n) is 3.49. The van der Waals surface area contributed by atoms with Gasteiger partial charge in [0, 0.05) is 12.2 Å². The molecule has 1 aliphatic rings. The molecule has 3 nitrogen and oxygen atoms in total. The van der Waals surface area contributed by atoms with Gasteiger partial charge in [-0.15, -0.1) is 0 Å². The van der Waals surface area contributed by atoms with Crippen molar-refractivity contribution in [2.24, 2.45) is 0 Å². The van der Waals surface area contributed by atoms with Crippen molar-refractivity contribution in [1.29, 1.82) is 0 Å². The lowest BCUT2D eigenvalue weighted by molar-refractivity contribution is 0.0600. The second-order valence-corrected chi connectivity index (χ2v) is 3.49. The Labute approximate surface area is 83.1 Å². The third kappa shape index (κ3) is 1.35. The molecule has 1 aliphatic heterocycles. The van der Waals surface area contributed by atoms with Gasteiger partial charge in [0.1, 0.15) is 0 Å². The molecule has 1 N–H and O–H groups in total. The van der Waals surface area contributed by atoms with Crippen LogP contribution in [0, 0.1) is 6.92 Å². The van der Waals surface area contributed by atoms with Crippen molar-refractivity contribution in [3.8, 4) is 0 Å². The zero-order chi connectivity index (χ0) is 10.1. The van der Waals surface area contributed by atoms with Gasteiger partial charge in [0.2, 0.25) is 0 Å². The summed E-state index contributed by atoms with van der Waals surface area (Å²) >= 11 is 0. The number of carbonyl (C=O) groups is 1. The molecule has 1 heterocycles. The van der Waals surface area contributed by atoms with E-state index >= 15 is 0 Å². The summed E-state index contributed by atoms with van der Waals surface area (Å²) in [5, 5.41) is 3.27. The summed E-state index contributed by atoms with van der Waals surface area (Å²) in [6, 6.07) is 3.94. The third-order valence-electron chi connectivity index (χ3n) is 2.57. The molecular formula is C11H13NO2. The van der Waals surface area contributed by atoms with Crippen LogP contribution >= 0.6 is 0 Å². The molecule has 1 aromatic carbocycles. The molecule has 0 aliphatic carbocycles. The van der Waals surface area contributed by atoms with Crippen molar-refractivity contribution < 1.29 is 9.53 Å². The molecule has 0 atom stereocenters. The van der Waals surface area contributed by atoms with E-state index in [9.17, 15) is 4.79 Å². The monoisotopic (exact) mass is 191 g/mol. The summed E-state index contributed by atoms with van der Waals surface area (Å²) in [4.78, 5) is 11.4. The van der Waals surface area contributed by atoms with Crippen molar-refractivity contribution in [3.05, 3.63) is 28.8 Å². The van der Waals surface area contributed by atoms with Crippen LogP contribution in [-0.4, -0.2) is 19.6 Å². The summed E-state index contributed by atoms with van der Waals surface area (Å²) in [5.41, 5.74) is 3.99. The molecule has 0 saturated heterocycles. The smallest absolute Gasteiger partial charge is 0.338 e. The van der Waals surface area contributed by atoms with E-state index in [1.54, 1.807) is 0 Å². The summed E-state index contributed by atoms with van der Waals surface area (Å²) in [5.74, 6) is -0.253. The first-order valence-corrected chi connectivity index (χ1v) is 4.68. The molecule has 0 amide bonds. The fraction of sp³-hybridized carbons (Fsp3) is 0.364. The Hall–Kier alpha value is -1.51. The topological polar surface area (TPSA) is 38.3 Å². The Morgan fingerprint density at radius 2 is 2.29 bits per heavy atom. The molecule has 0 spiro atoms. The van der Waals surface area contributed by atoms with Crippen LogP contribution in [0.2, 0.25) is 0 Å². The molecule has 0 unspecified atom stereocenters. The number of esters is 1. The van der Waals surface area contributed by atoms with Gasteiger partial charge in [-0.3, -0.25) is 0 Å². The highest BCUT2D eigenvalue weighted by atomic mass is 16.5. The number of fused-ring (bicyclic) bond motifs is 1. The van der Waals surface area contributed by atoms with Gasteiger partial charge in [-0.1, -0.05) is 0 Å². The Bertz CT molecular complexity index is 385. The van der Waals surface area contributed by atoms with Crippen molar-refractivity contribution in [1.82, 2.24) is 0 Å². The van der Waals surface area contributed by atoms with Crippen LogP contribution in [0.1, 0.15) is 21.5 Å². The quantitative estimate of drug-likeness (QED) is 0.687. The predicted molar refractivity (Wildman–Crippen MR) is 54.7 cm³/mol. The highest BCUT2D eigenvalue weighted by molar-refractivity contribution is 5.92. The lowest BCUT2D eigenvalue weighted by Gasteiger charge is -2.07. The minimum atomic E-state index is -0.253. The molecule has 0 fully saturated rings. The highest BCUT2D eigenvalue weighted by Gasteiger charge is 2.16. The zero-order valence-corrected chi connectivity index (χ0v) is 8.39. The number of carbonyl (C=O) groups excluding carboxylic acids is 1. The van der Waals surface area contributed by atoms with Crippen LogP contribution in [0.15, 0.2) is 12.1 Å². The maximum Gasteiger partial charge on any atom is 0.338 e. The average Bonchev–Trinajstić information content (AvgIpc) is 2.62. The van der Waals surface area contributed by atoms with Crippen molar-refractivity contribution in [2.45, 2.75) is 13.3 Å². The Morgan fingerprint density at radius 3 is 3.00 bits per heavy atom. The number of methoxy groups -OCH3 is 1. The SMILES string of the molecule is COC(=O)c1cc2c(cc1C)NCC2. The van der Waals surface area contributed by atoms with Gasteiger partial charge in [0.15, 0.2) is 0 Å². The third-order valence-corrected chi connectivity index (χ3v) is 2.57. The van der Waals surface area contributed by atoms with Crippen LogP contribution < -0.4 is 5.32 Å². The average molecular weight is 191 g/mol. The number of ether oxygens (including phenoxy) is 1. The lowest BCUT2D eigenvalue weighted by Crippen LogP contribution is -2.04. The van der Waals surface area contributed by atoms with Gasteiger partial charge in [-0.25, -0.2) is 4.79 Å². The van der Waals surface area contributed by atoms with Gasteiger partial charge >= 0.3 is 5.97 Å². The van der Waals surface area contributed by atoms with E-state index in [-0.39, 0.29) is 5.97 Å². The Balaban J connectivity index is 2.47. The van der Waals surface area contributed by atoms with Crippen LogP contribution in [0.4, 0.5) is 5.69 Å². The maximum atomic E-state index is 11.4. The first-order valence-electron chi connectivity index (χ1n) is 4.68. The first kappa shape index (κ1) is 9.06. The van der Waals surface area contributed by atoms with Crippen molar-refractivity contribution in [3.63, 3.8) is 0 Å². The lowest BCUT2D eigenvalue weighted by atomic mass is 10.0. The zero-order valence-electron chi connectivity index (χ0n) is 8.39. The summed E-state index contributed by atoms with van der Waals surface area (Å²) in [7, 11) is 1.41. The number of hydrogen-bond donors (Lipinski definition) is 1. The van der Waals surface area contributed by atoms with E-state index in [0.717, 1.165) is 24.2 Å². The molecule has 0 radical (unpaired) electrons. The highest BCUT2D eigenvalue weighted by Crippen LogP contribution is 2.26. The van der Waals surface area contributed by atoms with E-state index in [2.05, 4.69) is 5.32 Å². The molecule has 1 aromatic rings. The van der Waals surface area contributed by atoms with Gasteiger partial charge in [0.25, 0.3) is 0 Å². The first-order chi connectivity index (χ1) is 6.72. The van der Waals surface area contributed by atoms with Gasteiger partial charge in [0.05, 0.1) is 12.7 Å². The van der Waals surface area contributed by atoms with E-state index in [4.69, 9.17) is 4.74 Å². The van der Waals surface area contributed by atoms with E-state index in [0.29, 0.717) is 5.56 Å². The number of aryl methyl sites for hydroxylation is 1. The van der Waals surface area contributed by atoms with E-state index in [1.807, 2.05) is 19.1 Å². The van der Waals surface area contributed by atoms with Gasteiger partial charge in [-0.05, 0) is 36.6 Å². The molecule has 74 valence electrons. The predicted octanol–water partition coefficient (Wildman–Crippen LogP) is 1.75. The van der Waals surface area contributed by atoms with Crippen molar-refractivity contribution >= 4 is 11.7 Å². The fourth-order valence-electron chi connectivity index (χ4n) is 1.79.